The third kappa shape index (κ3) is 1.97. The standard InChI is InChI=1S/C8H14N2O/c1-7(2)10-6-4-3-5-9-8(10)11/h3,5,7H,4,6H2,1-2H3,(H,9,11). The molecule has 0 bridgehead atoms. The maximum Gasteiger partial charge on any atom is 0.321 e. The third-order valence-corrected chi connectivity index (χ3v) is 1.75. The van der Waals surface area contributed by atoms with E-state index in [0.29, 0.717) is 0 Å². The van der Waals surface area contributed by atoms with Crippen LogP contribution in [0.4, 0.5) is 4.79 Å². The molecule has 0 unspecified atom stereocenters. The molecule has 0 aromatic heterocycles. The molecular weight excluding hydrogens is 140 g/mol. The molecule has 1 N–H and O–H groups in total. The number of amides is 2. The molecule has 0 aliphatic carbocycles. The van der Waals surface area contributed by atoms with Crippen molar-refractivity contribution in [3.8, 4) is 0 Å². The highest BCUT2D eigenvalue weighted by atomic mass is 16.2. The van der Waals surface area contributed by atoms with Crippen molar-refractivity contribution in [3.05, 3.63) is 12.3 Å². The van der Waals surface area contributed by atoms with Crippen LogP contribution in [0.5, 0.6) is 0 Å². The summed E-state index contributed by atoms with van der Waals surface area (Å²) in [6.45, 7) is 4.86. The monoisotopic (exact) mass is 154 g/mol. The van der Waals surface area contributed by atoms with Crippen LogP contribution in [-0.2, 0) is 0 Å². The molecule has 11 heavy (non-hydrogen) atoms. The summed E-state index contributed by atoms with van der Waals surface area (Å²) in [6, 6.07) is 0.295. The van der Waals surface area contributed by atoms with E-state index < -0.39 is 0 Å². The van der Waals surface area contributed by atoms with Gasteiger partial charge in [-0.15, -0.1) is 0 Å². The van der Waals surface area contributed by atoms with Gasteiger partial charge in [-0.05, 0) is 20.3 Å². The topological polar surface area (TPSA) is 32.3 Å². The molecule has 1 heterocycles. The molecule has 2 amide bonds. The van der Waals surface area contributed by atoms with Gasteiger partial charge in [-0.2, -0.15) is 0 Å². The summed E-state index contributed by atoms with van der Waals surface area (Å²) in [4.78, 5) is 13.0. The lowest BCUT2D eigenvalue weighted by molar-refractivity contribution is 0.190. The first-order valence-electron chi connectivity index (χ1n) is 3.94. The van der Waals surface area contributed by atoms with Crippen molar-refractivity contribution in [3.63, 3.8) is 0 Å². The second kappa shape index (κ2) is 3.42. The van der Waals surface area contributed by atoms with Crippen LogP contribution in [0, 0.1) is 0 Å². The minimum Gasteiger partial charge on any atom is -0.322 e. The molecule has 62 valence electrons. The first kappa shape index (κ1) is 8.11. The summed E-state index contributed by atoms with van der Waals surface area (Å²) < 4.78 is 0. The number of hydrogen-bond acceptors (Lipinski definition) is 1. The molecule has 1 aliphatic rings. The van der Waals surface area contributed by atoms with E-state index in [4.69, 9.17) is 0 Å². The average Bonchev–Trinajstić information content (AvgIpc) is 2.13. The lowest BCUT2D eigenvalue weighted by Crippen LogP contribution is -2.41. The van der Waals surface area contributed by atoms with Gasteiger partial charge in [0.2, 0.25) is 0 Å². The van der Waals surface area contributed by atoms with Gasteiger partial charge in [0.25, 0.3) is 0 Å². The van der Waals surface area contributed by atoms with Crippen LogP contribution in [0.3, 0.4) is 0 Å². The van der Waals surface area contributed by atoms with Crippen LogP contribution in [0.1, 0.15) is 20.3 Å². The number of carbonyl (C=O) groups is 1. The Morgan fingerprint density at radius 3 is 3.00 bits per heavy atom. The number of rotatable bonds is 1. The van der Waals surface area contributed by atoms with Crippen molar-refractivity contribution in [2.75, 3.05) is 6.54 Å². The lowest BCUT2D eigenvalue weighted by atomic mass is 10.3. The predicted octanol–water partition coefficient (Wildman–Crippen LogP) is 1.32. The fourth-order valence-electron chi connectivity index (χ4n) is 1.10. The van der Waals surface area contributed by atoms with E-state index >= 15 is 0 Å². The Morgan fingerprint density at radius 1 is 1.64 bits per heavy atom. The van der Waals surface area contributed by atoms with Crippen LogP contribution < -0.4 is 5.32 Å². The molecule has 0 aromatic rings. The first-order valence-corrected chi connectivity index (χ1v) is 3.94. The zero-order valence-electron chi connectivity index (χ0n) is 7.00. The smallest absolute Gasteiger partial charge is 0.321 e. The van der Waals surface area contributed by atoms with Crippen LogP contribution in [0.25, 0.3) is 0 Å². The Hall–Kier alpha value is -0.990. The average molecular weight is 154 g/mol. The molecular formula is C8H14N2O. The van der Waals surface area contributed by atoms with Gasteiger partial charge in [-0.1, -0.05) is 6.08 Å². The Balaban J connectivity index is 2.58. The van der Waals surface area contributed by atoms with Crippen molar-refractivity contribution in [1.82, 2.24) is 10.2 Å². The molecule has 0 atom stereocenters. The summed E-state index contributed by atoms with van der Waals surface area (Å²) in [6.07, 6.45) is 4.63. The van der Waals surface area contributed by atoms with Crippen LogP contribution in [-0.4, -0.2) is 23.5 Å². The zero-order valence-corrected chi connectivity index (χ0v) is 7.00. The van der Waals surface area contributed by atoms with E-state index in [1.165, 1.54) is 0 Å². The van der Waals surface area contributed by atoms with E-state index in [-0.39, 0.29) is 12.1 Å². The van der Waals surface area contributed by atoms with Crippen LogP contribution in [0.2, 0.25) is 0 Å². The van der Waals surface area contributed by atoms with Gasteiger partial charge >= 0.3 is 6.03 Å². The van der Waals surface area contributed by atoms with Gasteiger partial charge < -0.3 is 10.2 Å². The molecule has 0 saturated carbocycles. The lowest BCUT2D eigenvalue weighted by Gasteiger charge is -2.24. The van der Waals surface area contributed by atoms with Crippen LogP contribution in [0.15, 0.2) is 12.3 Å². The fraction of sp³-hybridized carbons (Fsp3) is 0.625. The molecule has 3 heteroatoms. The molecule has 0 saturated heterocycles. The number of nitrogens with one attached hydrogen (secondary N) is 1. The van der Waals surface area contributed by atoms with Crippen molar-refractivity contribution >= 4 is 6.03 Å². The van der Waals surface area contributed by atoms with E-state index in [0.717, 1.165) is 13.0 Å². The fourth-order valence-corrected chi connectivity index (χ4v) is 1.10. The van der Waals surface area contributed by atoms with E-state index in [1.54, 1.807) is 6.20 Å². The molecule has 1 rings (SSSR count). The van der Waals surface area contributed by atoms with Crippen molar-refractivity contribution in [2.24, 2.45) is 0 Å². The molecule has 1 aliphatic heterocycles. The number of carbonyl (C=O) groups excluding carboxylic acids is 1. The molecule has 0 radical (unpaired) electrons. The summed E-state index contributed by atoms with van der Waals surface area (Å²) in [5, 5.41) is 2.68. The predicted molar refractivity (Wildman–Crippen MR) is 44.1 cm³/mol. The highest BCUT2D eigenvalue weighted by Crippen LogP contribution is 2.03. The maximum atomic E-state index is 11.2. The highest BCUT2D eigenvalue weighted by Gasteiger charge is 2.15. The molecule has 0 fully saturated rings. The summed E-state index contributed by atoms with van der Waals surface area (Å²) in [5.41, 5.74) is 0. The van der Waals surface area contributed by atoms with Gasteiger partial charge in [0.15, 0.2) is 0 Å². The Labute approximate surface area is 67.1 Å². The van der Waals surface area contributed by atoms with Gasteiger partial charge in [-0.25, -0.2) is 4.79 Å². The Kier molecular flexibility index (Phi) is 2.52. The largest absolute Gasteiger partial charge is 0.322 e. The third-order valence-electron chi connectivity index (χ3n) is 1.75. The number of hydrogen-bond donors (Lipinski definition) is 1. The van der Waals surface area contributed by atoms with Gasteiger partial charge in [0, 0.05) is 18.8 Å². The van der Waals surface area contributed by atoms with E-state index in [1.807, 2.05) is 24.8 Å². The second-order valence-electron chi connectivity index (χ2n) is 2.93. The first-order chi connectivity index (χ1) is 5.22. The second-order valence-corrected chi connectivity index (χ2v) is 2.93. The van der Waals surface area contributed by atoms with Crippen molar-refractivity contribution < 1.29 is 4.79 Å². The zero-order chi connectivity index (χ0) is 8.27. The summed E-state index contributed by atoms with van der Waals surface area (Å²) in [7, 11) is 0. The normalized spacial score (nSPS) is 18.5. The Morgan fingerprint density at radius 2 is 2.36 bits per heavy atom. The highest BCUT2D eigenvalue weighted by molar-refractivity contribution is 5.75. The van der Waals surface area contributed by atoms with Gasteiger partial charge in [-0.3, -0.25) is 0 Å². The molecule has 0 aromatic carbocycles. The number of nitrogens with zero attached hydrogens (tertiary/aromatic N) is 1. The summed E-state index contributed by atoms with van der Waals surface area (Å²) in [5.74, 6) is 0. The van der Waals surface area contributed by atoms with Gasteiger partial charge in [0.05, 0.1) is 0 Å². The number of urea groups is 1. The quantitative estimate of drug-likeness (QED) is 0.607. The minimum absolute atomic E-state index is 0.00810. The molecule has 0 spiro atoms. The van der Waals surface area contributed by atoms with E-state index in [2.05, 4.69) is 5.32 Å². The van der Waals surface area contributed by atoms with Gasteiger partial charge in [0.1, 0.15) is 0 Å². The molecule has 3 nitrogen and oxygen atoms in total. The maximum absolute atomic E-state index is 11.2. The van der Waals surface area contributed by atoms with Crippen LogP contribution >= 0.6 is 0 Å². The summed E-state index contributed by atoms with van der Waals surface area (Å²) >= 11 is 0. The SMILES string of the molecule is CC(C)N1CCC=CNC1=O. The van der Waals surface area contributed by atoms with Crippen molar-refractivity contribution in [2.45, 2.75) is 26.3 Å². The van der Waals surface area contributed by atoms with E-state index in [9.17, 15) is 4.79 Å². The minimum atomic E-state index is 0.00810. The Bertz CT molecular complexity index is 175. The van der Waals surface area contributed by atoms with Crippen molar-refractivity contribution in [1.29, 1.82) is 0 Å².